The Bertz CT molecular complexity index is 836. The summed E-state index contributed by atoms with van der Waals surface area (Å²) >= 11 is 1.66. The number of carbonyl (C=O) groups is 2. The third kappa shape index (κ3) is 4.19. The number of aliphatic carboxylic acids is 1. The van der Waals surface area contributed by atoms with Crippen LogP contribution in [0.2, 0.25) is 0 Å². The van der Waals surface area contributed by atoms with Crippen LogP contribution in [0.5, 0.6) is 0 Å². The minimum absolute atomic E-state index is 0.133. The molecule has 0 bridgehead atoms. The van der Waals surface area contributed by atoms with Crippen molar-refractivity contribution in [2.45, 2.75) is 30.1 Å². The second-order valence-electron chi connectivity index (χ2n) is 6.81. The second kappa shape index (κ2) is 7.83. The molecule has 1 heterocycles. The Morgan fingerprint density at radius 2 is 1.85 bits per heavy atom. The van der Waals surface area contributed by atoms with Crippen LogP contribution in [0.25, 0.3) is 0 Å². The van der Waals surface area contributed by atoms with Crippen molar-refractivity contribution in [3.8, 4) is 0 Å². The van der Waals surface area contributed by atoms with Crippen molar-refractivity contribution in [1.82, 2.24) is 5.32 Å². The standard InChI is InChI=1S/C20H22N2O3S/c1-12(2)9-14(20(24)25)11-21-19(23)13-7-8-18-16(10-13)22-15-5-3-4-6-17(15)26-18/h3-8,10,12,14,22H,9,11H2,1-2H3,(H,21,23)(H,24,25)/t14-/m0/s1. The third-order valence-electron chi connectivity index (χ3n) is 4.23. The highest BCUT2D eigenvalue weighted by molar-refractivity contribution is 7.99. The fourth-order valence-corrected chi connectivity index (χ4v) is 3.91. The van der Waals surface area contributed by atoms with Crippen LogP contribution in [0.4, 0.5) is 11.4 Å². The maximum absolute atomic E-state index is 12.5. The van der Waals surface area contributed by atoms with Gasteiger partial charge in [0.05, 0.1) is 17.3 Å². The predicted octanol–water partition coefficient (Wildman–Crippen LogP) is 4.37. The van der Waals surface area contributed by atoms with Gasteiger partial charge in [0.2, 0.25) is 0 Å². The lowest BCUT2D eigenvalue weighted by Crippen LogP contribution is -2.33. The van der Waals surface area contributed by atoms with Gasteiger partial charge in [-0.3, -0.25) is 9.59 Å². The highest BCUT2D eigenvalue weighted by Gasteiger charge is 2.21. The highest BCUT2D eigenvalue weighted by atomic mass is 32.2. The highest BCUT2D eigenvalue weighted by Crippen LogP contribution is 2.44. The van der Waals surface area contributed by atoms with Crippen LogP contribution in [0.1, 0.15) is 30.6 Å². The van der Waals surface area contributed by atoms with E-state index in [4.69, 9.17) is 0 Å². The smallest absolute Gasteiger partial charge is 0.308 e. The third-order valence-corrected chi connectivity index (χ3v) is 5.38. The SMILES string of the molecule is CC(C)C[C@@H](CNC(=O)c1ccc2c(c1)Nc1ccccc1S2)C(=O)O. The lowest BCUT2D eigenvalue weighted by Gasteiger charge is -2.21. The number of hydrogen-bond acceptors (Lipinski definition) is 4. The fraction of sp³-hybridized carbons (Fsp3) is 0.300. The number of fused-ring (bicyclic) bond motifs is 2. The van der Waals surface area contributed by atoms with Crippen LogP contribution in [0.15, 0.2) is 52.3 Å². The number of rotatable bonds is 6. The molecule has 1 aliphatic rings. The van der Waals surface area contributed by atoms with Crippen molar-refractivity contribution in [1.29, 1.82) is 0 Å². The number of carboxylic acid groups (broad SMARTS) is 1. The first-order valence-corrected chi connectivity index (χ1v) is 9.44. The van der Waals surface area contributed by atoms with Gasteiger partial charge < -0.3 is 15.7 Å². The molecular weight excluding hydrogens is 348 g/mol. The molecule has 0 spiro atoms. The van der Waals surface area contributed by atoms with E-state index < -0.39 is 11.9 Å². The minimum atomic E-state index is -0.876. The van der Waals surface area contributed by atoms with Gasteiger partial charge in [0.15, 0.2) is 0 Å². The molecule has 0 saturated carbocycles. The first-order chi connectivity index (χ1) is 12.4. The van der Waals surface area contributed by atoms with E-state index in [0.717, 1.165) is 21.2 Å². The average molecular weight is 370 g/mol. The zero-order valence-electron chi connectivity index (χ0n) is 14.8. The molecule has 0 saturated heterocycles. The predicted molar refractivity (Wildman–Crippen MR) is 103 cm³/mol. The molecule has 136 valence electrons. The lowest BCUT2D eigenvalue weighted by atomic mass is 9.97. The fourth-order valence-electron chi connectivity index (χ4n) is 2.94. The molecule has 3 N–H and O–H groups in total. The zero-order chi connectivity index (χ0) is 18.7. The summed E-state index contributed by atoms with van der Waals surface area (Å²) in [4.78, 5) is 26.0. The average Bonchev–Trinajstić information content (AvgIpc) is 2.62. The summed E-state index contributed by atoms with van der Waals surface area (Å²) in [6.45, 7) is 4.08. The normalized spacial score (nSPS) is 13.3. The first-order valence-electron chi connectivity index (χ1n) is 8.63. The Labute approximate surface area is 157 Å². The largest absolute Gasteiger partial charge is 0.481 e. The van der Waals surface area contributed by atoms with Crippen molar-refractivity contribution in [3.05, 3.63) is 48.0 Å². The second-order valence-corrected chi connectivity index (χ2v) is 7.89. The van der Waals surface area contributed by atoms with Gasteiger partial charge in [0.25, 0.3) is 5.91 Å². The lowest BCUT2D eigenvalue weighted by molar-refractivity contribution is -0.142. The van der Waals surface area contributed by atoms with E-state index in [2.05, 4.69) is 16.7 Å². The number of para-hydroxylation sites is 1. The van der Waals surface area contributed by atoms with E-state index in [9.17, 15) is 14.7 Å². The summed E-state index contributed by atoms with van der Waals surface area (Å²) in [5.41, 5.74) is 2.42. The molecule has 26 heavy (non-hydrogen) atoms. The van der Waals surface area contributed by atoms with E-state index in [1.54, 1.807) is 17.8 Å². The zero-order valence-corrected chi connectivity index (χ0v) is 15.6. The van der Waals surface area contributed by atoms with Crippen LogP contribution < -0.4 is 10.6 Å². The van der Waals surface area contributed by atoms with E-state index >= 15 is 0 Å². The molecule has 0 radical (unpaired) electrons. The van der Waals surface area contributed by atoms with Gasteiger partial charge in [-0.2, -0.15) is 0 Å². The summed E-state index contributed by atoms with van der Waals surface area (Å²) in [7, 11) is 0. The number of amides is 1. The molecule has 5 nitrogen and oxygen atoms in total. The molecule has 2 aromatic rings. The Hall–Kier alpha value is -2.47. The topological polar surface area (TPSA) is 78.4 Å². The maximum atomic E-state index is 12.5. The maximum Gasteiger partial charge on any atom is 0.308 e. The minimum Gasteiger partial charge on any atom is -0.481 e. The summed E-state index contributed by atoms with van der Waals surface area (Å²) in [5.74, 6) is -1.44. The number of nitrogens with one attached hydrogen (secondary N) is 2. The van der Waals surface area contributed by atoms with Gasteiger partial charge in [0, 0.05) is 21.9 Å². The summed E-state index contributed by atoms with van der Waals surface area (Å²) in [6, 6.07) is 13.5. The van der Waals surface area contributed by atoms with Crippen molar-refractivity contribution < 1.29 is 14.7 Å². The van der Waals surface area contributed by atoms with Crippen LogP contribution in [0.3, 0.4) is 0 Å². The van der Waals surface area contributed by atoms with Gasteiger partial charge >= 0.3 is 5.97 Å². The summed E-state index contributed by atoms with van der Waals surface area (Å²) in [6.07, 6.45) is 0.536. The Morgan fingerprint density at radius 3 is 2.58 bits per heavy atom. The van der Waals surface area contributed by atoms with E-state index in [1.807, 2.05) is 44.2 Å². The molecule has 2 aromatic carbocycles. The van der Waals surface area contributed by atoms with E-state index in [0.29, 0.717) is 12.0 Å². The first kappa shape index (κ1) is 18.3. The van der Waals surface area contributed by atoms with Gasteiger partial charge in [-0.15, -0.1) is 0 Å². The van der Waals surface area contributed by atoms with E-state index in [1.165, 1.54) is 0 Å². The Kier molecular flexibility index (Phi) is 5.52. The number of carboxylic acids is 1. The molecular formula is C20H22N2O3S. The Morgan fingerprint density at radius 1 is 1.12 bits per heavy atom. The van der Waals surface area contributed by atoms with Crippen LogP contribution in [-0.4, -0.2) is 23.5 Å². The number of carbonyl (C=O) groups excluding carboxylic acids is 1. The Balaban J connectivity index is 1.69. The molecule has 1 atom stereocenters. The molecule has 0 fully saturated rings. The molecule has 0 aliphatic carbocycles. The molecule has 0 aromatic heterocycles. The molecule has 1 amide bonds. The van der Waals surface area contributed by atoms with E-state index in [-0.39, 0.29) is 18.4 Å². The van der Waals surface area contributed by atoms with Crippen molar-refractivity contribution in [3.63, 3.8) is 0 Å². The number of hydrogen-bond donors (Lipinski definition) is 3. The van der Waals surface area contributed by atoms with Crippen LogP contribution >= 0.6 is 11.8 Å². The summed E-state index contributed by atoms with van der Waals surface area (Å²) < 4.78 is 0. The number of anilines is 2. The van der Waals surface area contributed by atoms with Gasteiger partial charge in [-0.1, -0.05) is 37.7 Å². The summed E-state index contributed by atoms with van der Waals surface area (Å²) in [5, 5.41) is 15.4. The quantitative estimate of drug-likeness (QED) is 0.600. The van der Waals surface area contributed by atoms with Crippen molar-refractivity contribution in [2.24, 2.45) is 11.8 Å². The molecule has 6 heteroatoms. The molecule has 3 rings (SSSR count). The monoisotopic (exact) mass is 370 g/mol. The van der Waals surface area contributed by atoms with Gasteiger partial charge in [-0.25, -0.2) is 0 Å². The molecule has 0 unspecified atom stereocenters. The molecule has 1 aliphatic heterocycles. The van der Waals surface area contributed by atoms with Gasteiger partial charge in [-0.05, 0) is 42.7 Å². The van der Waals surface area contributed by atoms with Crippen molar-refractivity contribution in [2.75, 3.05) is 11.9 Å². The van der Waals surface area contributed by atoms with Gasteiger partial charge in [0.1, 0.15) is 0 Å². The van der Waals surface area contributed by atoms with Crippen molar-refractivity contribution >= 4 is 35.0 Å². The van der Waals surface area contributed by atoms with Crippen LogP contribution in [-0.2, 0) is 4.79 Å². The number of benzene rings is 2. The van der Waals surface area contributed by atoms with Crippen LogP contribution in [0, 0.1) is 11.8 Å².